The van der Waals surface area contributed by atoms with E-state index in [1.807, 2.05) is 0 Å². The van der Waals surface area contributed by atoms with Gasteiger partial charge in [-0.3, -0.25) is 10.1 Å². The first kappa shape index (κ1) is 14.9. The van der Waals surface area contributed by atoms with E-state index in [0.29, 0.717) is 10.8 Å². The van der Waals surface area contributed by atoms with Crippen LogP contribution in [0.15, 0.2) is 0 Å². The summed E-state index contributed by atoms with van der Waals surface area (Å²) in [7, 11) is 1.43. The number of rotatable bonds is 5. The zero-order valence-electron chi connectivity index (χ0n) is 11.3. The van der Waals surface area contributed by atoms with E-state index in [-0.39, 0.29) is 23.3 Å². The molecule has 0 bridgehead atoms. The van der Waals surface area contributed by atoms with Crippen molar-refractivity contribution in [2.75, 3.05) is 19.0 Å². The Balaban J connectivity index is 2.19. The lowest BCUT2D eigenvalue weighted by Gasteiger charge is -2.20. The number of thiazole rings is 1. The number of hydrogen-bond donors (Lipinski definition) is 2. The summed E-state index contributed by atoms with van der Waals surface area (Å²) in [5, 5.41) is 12.2. The molecule has 1 aromatic heterocycles. The number of aromatic carboxylic acids is 1. The number of ether oxygens (including phenoxy) is 1. The summed E-state index contributed by atoms with van der Waals surface area (Å²) in [6.07, 6.45) is 5.34. The van der Waals surface area contributed by atoms with Gasteiger partial charge in [-0.1, -0.05) is 30.6 Å². The number of carbonyl (C=O) groups is 2. The number of carboxylic acids is 1. The Hall–Kier alpha value is -1.47. The lowest BCUT2D eigenvalue weighted by molar-refractivity contribution is -0.119. The highest BCUT2D eigenvalue weighted by Crippen LogP contribution is 2.37. The number of methoxy groups -OCH3 is 1. The van der Waals surface area contributed by atoms with E-state index in [9.17, 15) is 14.7 Å². The number of nitrogens with zero attached hydrogens (tertiary/aromatic N) is 1. The number of nitrogens with one attached hydrogen (secondary N) is 1. The fraction of sp³-hybridized carbons (Fsp3) is 0.615. The number of aromatic nitrogens is 1. The molecule has 20 heavy (non-hydrogen) atoms. The van der Waals surface area contributed by atoms with Crippen molar-refractivity contribution < 1.29 is 19.4 Å². The van der Waals surface area contributed by atoms with Gasteiger partial charge in [0.1, 0.15) is 11.5 Å². The maximum Gasteiger partial charge on any atom is 0.347 e. The zero-order valence-corrected chi connectivity index (χ0v) is 12.2. The van der Waals surface area contributed by atoms with Gasteiger partial charge in [-0.2, -0.15) is 0 Å². The van der Waals surface area contributed by atoms with Crippen molar-refractivity contribution in [1.29, 1.82) is 0 Å². The van der Waals surface area contributed by atoms with Crippen molar-refractivity contribution in [2.24, 2.45) is 0 Å². The second kappa shape index (κ2) is 6.81. The molecule has 1 aliphatic carbocycles. The third kappa shape index (κ3) is 3.55. The first-order valence-corrected chi connectivity index (χ1v) is 7.46. The number of hydrogen-bond acceptors (Lipinski definition) is 5. The van der Waals surface area contributed by atoms with E-state index < -0.39 is 5.97 Å². The molecule has 0 aliphatic heterocycles. The first-order valence-electron chi connectivity index (χ1n) is 6.64. The number of carboxylic acid groups (broad SMARTS) is 1. The van der Waals surface area contributed by atoms with Crippen LogP contribution in [0.1, 0.15) is 53.4 Å². The smallest absolute Gasteiger partial charge is 0.347 e. The van der Waals surface area contributed by atoms with Gasteiger partial charge >= 0.3 is 5.97 Å². The van der Waals surface area contributed by atoms with Gasteiger partial charge in [0.15, 0.2) is 5.13 Å². The highest BCUT2D eigenvalue weighted by atomic mass is 32.1. The minimum Gasteiger partial charge on any atom is -0.477 e. The van der Waals surface area contributed by atoms with Gasteiger partial charge in [-0.25, -0.2) is 9.78 Å². The monoisotopic (exact) mass is 298 g/mol. The molecule has 0 unspecified atom stereocenters. The van der Waals surface area contributed by atoms with E-state index in [1.54, 1.807) is 0 Å². The fourth-order valence-corrected chi connectivity index (χ4v) is 3.38. The van der Waals surface area contributed by atoms with Crippen molar-refractivity contribution in [3.05, 3.63) is 10.6 Å². The van der Waals surface area contributed by atoms with Crippen LogP contribution in [0, 0.1) is 0 Å². The molecule has 1 saturated carbocycles. The second-order valence-electron chi connectivity index (χ2n) is 4.85. The molecular weight excluding hydrogens is 280 g/mol. The molecule has 0 saturated heterocycles. The highest BCUT2D eigenvalue weighted by molar-refractivity contribution is 7.17. The predicted octanol–water partition coefficient (Wildman–Crippen LogP) is 2.47. The van der Waals surface area contributed by atoms with E-state index in [1.165, 1.54) is 13.5 Å². The Kier molecular flexibility index (Phi) is 5.08. The summed E-state index contributed by atoms with van der Waals surface area (Å²) in [5.41, 5.74) is 0.620. The molecule has 2 N–H and O–H groups in total. The average Bonchev–Trinajstić information content (AvgIpc) is 2.84. The van der Waals surface area contributed by atoms with E-state index >= 15 is 0 Å². The first-order chi connectivity index (χ1) is 9.61. The SMILES string of the molecule is COCC(=O)Nc1nc(C2CCCCC2)c(C(=O)O)s1. The maximum absolute atomic E-state index is 11.5. The number of amides is 1. The van der Waals surface area contributed by atoms with Crippen molar-refractivity contribution >= 4 is 28.3 Å². The molecule has 0 radical (unpaired) electrons. The van der Waals surface area contributed by atoms with Crippen LogP contribution in [0.25, 0.3) is 0 Å². The van der Waals surface area contributed by atoms with Crippen LogP contribution in [-0.4, -0.2) is 35.7 Å². The molecule has 1 heterocycles. The molecular formula is C13H18N2O4S. The van der Waals surface area contributed by atoms with Crippen molar-refractivity contribution in [2.45, 2.75) is 38.0 Å². The summed E-state index contributed by atoms with van der Waals surface area (Å²) < 4.78 is 4.73. The standard InChI is InChI=1S/C13H18N2O4S/c1-19-7-9(16)14-13-15-10(11(20-13)12(17)18)8-5-3-2-4-6-8/h8H,2-7H2,1H3,(H,17,18)(H,14,15,16). The van der Waals surface area contributed by atoms with Crippen LogP contribution in [0.4, 0.5) is 5.13 Å². The molecule has 6 nitrogen and oxygen atoms in total. The van der Waals surface area contributed by atoms with Crippen LogP contribution in [-0.2, 0) is 9.53 Å². The second-order valence-corrected chi connectivity index (χ2v) is 5.85. The molecule has 1 amide bonds. The molecule has 0 aromatic carbocycles. The highest BCUT2D eigenvalue weighted by Gasteiger charge is 2.26. The number of anilines is 1. The van der Waals surface area contributed by atoms with Crippen LogP contribution in [0.5, 0.6) is 0 Å². The van der Waals surface area contributed by atoms with E-state index in [2.05, 4.69) is 10.3 Å². The van der Waals surface area contributed by atoms with Crippen LogP contribution < -0.4 is 5.32 Å². The fourth-order valence-electron chi connectivity index (χ4n) is 2.48. The molecule has 0 atom stereocenters. The molecule has 110 valence electrons. The third-order valence-corrected chi connectivity index (χ3v) is 4.34. The Bertz CT molecular complexity index is 495. The minimum atomic E-state index is -0.977. The van der Waals surface area contributed by atoms with E-state index in [4.69, 9.17) is 4.74 Å². The average molecular weight is 298 g/mol. The largest absolute Gasteiger partial charge is 0.477 e. The van der Waals surface area contributed by atoms with Crippen molar-refractivity contribution in [3.8, 4) is 0 Å². The van der Waals surface area contributed by atoms with Gasteiger partial charge < -0.3 is 9.84 Å². The van der Waals surface area contributed by atoms with E-state index in [0.717, 1.165) is 37.0 Å². The third-order valence-electron chi connectivity index (χ3n) is 3.36. The van der Waals surface area contributed by atoms with Gasteiger partial charge in [-0.05, 0) is 12.8 Å². The van der Waals surface area contributed by atoms with Crippen molar-refractivity contribution in [1.82, 2.24) is 4.98 Å². The molecule has 0 spiro atoms. The maximum atomic E-state index is 11.5. The van der Waals surface area contributed by atoms with Crippen molar-refractivity contribution in [3.63, 3.8) is 0 Å². The molecule has 7 heteroatoms. The summed E-state index contributed by atoms with van der Waals surface area (Å²) in [5.74, 6) is -1.11. The molecule has 1 aliphatic rings. The van der Waals surface area contributed by atoms with Crippen LogP contribution in [0.2, 0.25) is 0 Å². The van der Waals surface area contributed by atoms with Gasteiger partial charge in [0.25, 0.3) is 5.91 Å². The van der Waals surface area contributed by atoms with Gasteiger partial charge in [0.05, 0.1) is 5.69 Å². The molecule has 2 rings (SSSR count). The summed E-state index contributed by atoms with van der Waals surface area (Å²) in [4.78, 5) is 27.4. The minimum absolute atomic E-state index is 0.0687. The topological polar surface area (TPSA) is 88.5 Å². The summed E-state index contributed by atoms with van der Waals surface area (Å²) in [6, 6.07) is 0. The van der Waals surface area contributed by atoms with Crippen LogP contribution >= 0.6 is 11.3 Å². The predicted molar refractivity (Wildman–Crippen MR) is 75.4 cm³/mol. The molecule has 1 fully saturated rings. The number of carbonyl (C=O) groups excluding carboxylic acids is 1. The Labute approximate surface area is 121 Å². The van der Waals surface area contributed by atoms with Crippen LogP contribution in [0.3, 0.4) is 0 Å². The molecule has 1 aromatic rings. The lowest BCUT2D eigenvalue weighted by atomic mass is 9.86. The normalized spacial score (nSPS) is 16.1. The van der Waals surface area contributed by atoms with Gasteiger partial charge in [-0.15, -0.1) is 0 Å². The Morgan fingerprint density at radius 3 is 2.70 bits per heavy atom. The van der Waals surface area contributed by atoms with Gasteiger partial charge in [0.2, 0.25) is 0 Å². The lowest BCUT2D eigenvalue weighted by Crippen LogP contribution is -2.17. The zero-order chi connectivity index (χ0) is 14.5. The Morgan fingerprint density at radius 2 is 2.10 bits per heavy atom. The quantitative estimate of drug-likeness (QED) is 0.871. The summed E-state index contributed by atoms with van der Waals surface area (Å²) >= 11 is 1.02. The van der Waals surface area contributed by atoms with Gasteiger partial charge in [0, 0.05) is 13.0 Å². The summed E-state index contributed by atoms with van der Waals surface area (Å²) in [6.45, 7) is -0.0687. The Morgan fingerprint density at radius 1 is 1.40 bits per heavy atom.